The van der Waals surface area contributed by atoms with Crippen molar-refractivity contribution in [2.45, 2.75) is 0 Å². The van der Waals surface area contributed by atoms with E-state index in [9.17, 15) is 9.59 Å². The van der Waals surface area contributed by atoms with E-state index in [1.807, 2.05) is 6.07 Å². The summed E-state index contributed by atoms with van der Waals surface area (Å²) in [5.74, 6) is 1.04. The smallest absolute Gasteiger partial charge is 0.343 e. The van der Waals surface area contributed by atoms with Crippen LogP contribution in [-0.4, -0.2) is 31.3 Å². The highest BCUT2D eigenvalue weighted by Gasteiger charge is 2.24. The zero-order valence-electron chi connectivity index (χ0n) is 17.9. The van der Waals surface area contributed by atoms with E-state index < -0.39 is 5.97 Å². The number of nitrogens with one attached hydrogen (secondary N) is 1. The lowest BCUT2D eigenvalue weighted by Gasteiger charge is -2.06. The molecule has 1 saturated heterocycles. The number of nitrogens with zero attached hydrogens (tertiary/aromatic N) is 1. The van der Waals surface area contributed by atoms with Crippen LogP contribution in [-0.2, 0) is 4.79 Å². The minimum Gasteiger partial charge on any atom is -0.497 e. The summed E-state index contributed by atoms with van der Waals surface area (Å²) in [4.78, 5) is 29.7. The molecule has 3 aromatic carbocycles. The maximum absolute atomic E-state index is 12.4. The van der Waals surface area contributed by atoms with E-state index in [0.29, 0.717) is 32.8 Å². The van der Waals surface area contributed by atoms with E-state index in [4.69, 9.17) is 14.2 Å². The van der Waals surface area contributed by atoms with Crippen LogP contribution in [0.2, 0.25) is 0 Å². The van der Waals surface area contributed by atoms with Crippen molar-refractivity contribution in [3.63, 3.8) is 0 Å². The Balaban J connectivity index is 1.46. The van der Waals surface area contributed by atoms with E-state index in [2.05, 4.69) is 10.3 Å². The fourth-order valence-electron chi connectivity index (χ4n) is 2.97. The summed E-state index contributed by atoms with van der Waals surface area (Å²) in [7, 11) is 3.16. The first-order valence-electron chi connectivity index (χ1n) is 9.94. The molecule has 1 fully saturated rings. The van der Waals surface area contributed by atoms with Gasteiger partial charge in [-0.3, -0.25) is 4.79 Å². The minimum absolute atomic E-state index is 0.243. The van der Waals surface area contributed by atoms with Gasteiger partial charge in [0.2, 0.25) is 0 Å². The molecule has 33 heavy (non-hydrogen) atoms. The number of amidine groups is 1. The lowest BCUT2D eigenvalue weighted by Crippen LogP contribution is -2.19. The van der Waals surface area contributed by atoms with Gasteiger partial charge in [-0.15, -0.1) is 0 Å². The molecule has 0 unspecified atom stereocenters. The molecule has 1 aliphatic rings. The number of thioether (sulfide) groups is 1. The first-order valence-corrected chi connectivity index (χ1v) is 10.8. The third-order valence-electron chi connectivity index (χ3n) is 4.65. The van der Waals surface area contributed by atoms with Gasteiger partial charge in [-0.25, -0.2) is 9.79 Å². The number of carbonyl (C=O) groups excluding carboxylic acids is 2. The van der Waals surface area contributed by atoms with Crippen molar-refractivity contribution in [2.75, 3.05) is 14.2 Å². The molecule has 4 rings (SSSR count). The van der Waals surface area contributed by atoms with Gasteiger partial charge in [0.1, 0.15) is 17.2 Å². The monoisotopic (exact) mass is 460 g/mol. The van der Waals surface area contributed by atoms with E-state index in [-0.39, 0.29) is 5.91 Å². The summed E-state index contributed by atoms with van der Waals surface area (Å²) >= 11 is 1.24. The summed E-state index contributed by atoms with van der Waals surface area (Å²) in [5.41, 5.74) is 1.83. The number of ether oxygens (including phenoxy) is 3. The fourth-order valence-corrected chi connectivity index (χ4v) is 3.81. The predicted molar refractivity (Wildman–Crippen MR) is 128 cm³/mol. The van der Waals surface area contributed by atoms with Crippen LogP contribution in [0.4, 0.5) is 5.69 Å². The van der Waals surface area contributed by atoms with Gasteiger partial charge in [-0.1, -0.05) is 12.1 Å². The molecule has 0 spiro atoms. The van der Waals surface area contributed by atoms with Crippen LogP contribution >= 0.6 is 11.8 Å². The number of carbonyl (C=O) groups is 2. The highest BCUT2D eigenvalue weighted by molar-refractivity contribution is 8.18. The number of hydrogen-bond acceptors (Lipinski definition) is 7. The van der Waals surface area contributed by atoms with Crippen LogP contribution in [0.3, 0.4) is 0 Å². The molecule has 0 aromatic heterocycles. The molecule has 1 amide bonds. The fraction of sp³-hybridized carbons (Fsp3) is 0.0800. The van der Waals surface area contributed by atoms with Gasteiger partial charge < -0.3 is 19.5 Å². The van der Waals surface area contributed by atoms with Crippen molar-refractivity contribution in [1.82, 2.24) is 5.32 Å². The highest BCUT2D eigenvalue weighted by Crippen LogP contribution is 2.29. The van der Waals surface area contributed by atoms with Crippen molar-refractivity contribution in [3.8, 4) is 17.2 Å². The molecule has 7 nitrogen and oxygen atoms in total. The van der Waals surface area contributed by atoms with Gasteiger partial charge in [-0.2, -0.15) is 0 Å². The minimum atomic E-state index is -0.482. The Morgan fingerprint density at radius 3 is 2.24 bits per heavy atom. The number of benzene rings is 3. The van der Waals surface area contributed by atoms with Crippen LogP contribution in [0.25, 0.3) is 6.08 Å². The third kappa shape index (κ3) is 5.61. The van der Waals surface area contributed by atoms with Gasteiger partial charge in [0.05, 0.1) is 30.4 Å². The topological polar surface area (TPSA) is 86.2 Å². The number of methoxy groups -OCH3 is 2. The first kappa shape index (κ1) is 22.2. The predicted octanol–water partition coefficient (Wildman–Crippen LogP) is 4.81. The van der Waals surface area contributed by atoms with Crippen molar-refractivity contribution >= 4 is 40.6 Å². The van der Waals surface area contributed by atoms with E-state index >= 15 is 0 Å². The quantitative estimate of drug-likeness (QED) is 0.323. The number of hydrogen-bond donors (Lipinski definition) is 1. The Morgan fingerprint density at radius 1 is 0.909 bits per heavy atom. The largest absolute Gasteiger partial charge is 0.497 e. The molecule has 1 heterocycles. The molecule has 166 valence electrons. The van der Waals surface area contributed by atoms with Crippen LogP contribution in [0.1, 0.15) is 15.9 Å². The Hall–Kier alpha value is -4.04. The van der Waals surface area contributed by atoms with E-state index in [1.165, 1.54) is 11.8 Å². The summed E-state index contributed by atoms with van der Waals surface area (Å²) in [6.07, 6.45) is 1.72. The van der Waals surface area contributed by atoms with Gasteiger partial charge in [0, 0.05) is 0 Å². The average molecular weight is 461 g/mol. The summed E-state index contributed by atoms with van der Waals surface area (Å²) in [6, 6.07) is 20.8. The standard InChI is InChI=1S/C25H20N2O5S/c1-30-19-10-6-17(7-11-19)24(29)32-21-5-3-4-16(14-21)15-22-23(28)27-25(33-22)26-18-8-12-20(31-2)13-9-18/h3-15H,1-2H3,(H,26,27,28)/b22-15-. The molecule has 0 atom stereocenters. The van der Waals surface area contributed by atoms with E-state index in [1.54, 1.807) is 87.0 Å². The van der Waals surface area contributed by atoms with Crippen molar-refractivity contribution in [2.24, 2.45) is 4.99 Å². The third-order valence-corrected chi connectivity index (χ3v) is 5.56. The maximum Gasteiger partial charge on any atom is 0.343 e. The Bertz CT molecular complexity index is 1230. The summed E-state index contributed by atoms with van der Waals surface area (Å²) < 4.78 is 15.7. The van der Waals surface area contributed by atoms with Crippen LogP contribution < -0.4 is 19.5 Å². The molecule has 0 saturated carbocycles. The van der Waals surface area contributed by atoms with Crippen molar-refractivity contribution < 1.29 is 23.8 Å². The number of aliphatic imine (C=N–C) groups is 1. The van der Waals surface area contributed by atoms with Crippen LogP contribution in [0, 0.1) is 0 Å². The van der Waals surface area contributed by atoms with Crippen molar-refractivity contribution in [1.29, 1.82) is 0 Å². The van der Waals surface area contributed by atoms with Crippen LogP contribution in [0.5, 0.6) is 17.2 Å². The first-order chi connectivity index (χ1) is 16.0. The average Bonchev–Trinajstić information content (AvgIpc) is 3.18. The molecule has 0 bridgehead atoms. The Kier molecular flexibility index (Phi) is 6.75. The van der Waals surface area contributed by atoms with E-state index in [0.717, 1.165) is 11.3 Å². The maximum atomic E-state index is 12.4. The second-order valence-electron chi connectivity index (χ2n) is 6.87. The number of esters is 1. The summed E-state index contributed by atoms with van der Waals surface area (Å²) in [6.45, 7) is 0. The second-order valence-corrected chi connectivity index (χ2v) is 7.90. The van der Waals surface area contributed by atoms with Gasteiger partial charge >= 0.3 is 5.97 Å². The molecule has 8 heteroatoms. The van der Waals surface area contributed by atoms with Crippen LogP contribution in [0.15, 0.2) is 82.7 Å². The highest BCUT2D eigenvalue weighted by atomic mass is 32.2. The number of amides is 1. The zero-order chi connectivity index (χ0) is 23.2. The molecule has 1 aliphatic heterocycles. The van der Waals surface area contributed by atoms with Gasteiger partial charge in [0.15, 0.2) is 5.17 Å². The van der Waals surface area contributed by atoms with Gasteiger partial charge in [-0.05, 0) is 84.1 Å². The van der Waals surface area contributed by atoms with Gasteiger partial charge in [0.25, 0.3) is 5.91 Å². The van der Waals surface area contributed by atoms with Crippen molar-refractivity contribution in [3.05, 3.63) is 88.8 Å². The number of rotatable bonds is 6. The normalized spacial score (nSPS) is 15.4. The zero-order valence-corrected chi connectivity index (χ0v) is 18.7. The molecular formula is C25H20N2O5S. The Labute approximate surface area is 195 Å². The lowest BCUT2D eigenvalue weighted by atomic mass is 10.2. The SMILES string of the molecule is COc1ccc(N=C2NC(=O)/C(=C/c3cccc(OC(=O)c4ccc(OC)cc4)c3)S2)cc1. The summed E-state index contributed by atoms with van der Waals surface area (Å²) in [5, 5.41) is 3.24. The molecule has 0 radical (unpaired) electrons. The Morgan fingerprint density at radius 2 is 1.58 bits per heavy atom. The molecule has 3 aromatic rings. The lowest BCUT2D eigenvalue weighted by molar-refractivity contribution is -0.115. The molecular weight excluding hydrogens is 440 g/mol. The molecule has 0 aliphatic carbocycles. The second kappa shape index (κ2) is 10.1. The molecule has 1 N–H and O–H groups in total.